The number of hydrogen-bond donors (Lipinski definition) is 1. The maximum atomic E-state index is 6.15. The number of aryl methyl sites for hydroxylation is 1. The first-order valence-corrected chi connectivity index (χ1v) is 7.34. The number of aromatic nitrogens is 1. The maximum absolute atomic E-state index is 6.15. The van der Waals surface area contributed by atoms with Crippen LogP contribution in [0.15, 0.2) is 0 Å². The molecule has 1 aliphatic heterocycles. The third-order valence-electron chi connectivity index (χ3n) is 3.17. The summed E-state index contributed by atoms with van der Waals surface area (Å²) in [5.41, 5.74) is 6.96. The standard InChI is InChI=1S/C13H23N3OS/c1-10-12(13(2,3)14)18-11(15-10)4-5-16-6-8-17-9-7-16/h4-9,14H2,1-3H3. The SMILES string of the molecule is Cc1nc(CCN2CCOCC2)sc1C(C)(C)N. The van der Waals surface area contributed by atoms with Crippen molar-refractivity contribution in [2.75, 3.05) is 32.8 Å². The van der Waals surface area contributed by atoms with Crippen LogP contribution < -0.4 is 5.73 Å². The van der Waals surface area contributed by atoms with Crippen LogP contribution in [0.3, 0.4) is 0 Å². The third-order valence-corrected chi connectivity index (χ3v) is 4.73. The summed E-state index contributed by atoms with van der Waals surface area (Å²) in [4.78, 5) is 8.29. The van der Waals surface area contributed by atoms with Gasteiger partial charge in [0.2, 0.25) is 0 Å². The van der Waals surface area contributed by atoms with Crippen molar-refractivity contribution in [1.29, 1.82) is 0 Å². The average Bonchev–Trinajstić information content (AvgIpc) is 2.69. The number of morpholine rings is 1. The van der Waals surface area contributed by atoms with E-state index in [0.29, 0.717) is 0 Å². The lowest BCUT2D eigenvalue weighted by molar-refractivity contribution is 0.0384. The molecule has 4 nitrogen and oxygen atoms in total. The van der Waals surface area contributed by atoms with Crippen molar-refractivity contribution in [3.8, 4) is 0 Å². The van der Waals surface area contributed by atoms with E-state index in [1.165, 1.54) is 9.88 Å². The van der Waals surface area contributed by atoms with Crippen LogP contribution in [0.25, 0.3) is 0 Å². The second-order valence-corrected chi connectivity index (χ2v) is 6.53. The van der Waals surface area contributed by atoms with E-state index in [2.05, 4.69) is 16.8 Å². The highest BCUT2D eigenvalue weighted by molar-refractivity contribution is 7.11. The molecule has 0 aliphatic carbocycles. The Kier molecular flexibility index (Phi) is 4.37. The van der Waals surface area contributed by atoms with Crippen LogP contribution in [0, 0.1) is 6.92 Å². The number of nitrogens with zero attached hydrogens (tertiary/aromatic N) is 2. The van der Waals surface area contributed by atoms with Crippen LogP contribution in [0.5, 0.6) is 0 Å². The Balaban J connectivity index is 1.93. The molecule has 0 unspecified atom stereocenters. The first kappa shape index (κ1) is 13.9. The van der Waals surface area contributed by atoms with Gasteiger partial charge in [0.1, 0.15) is 0 Å². The molecule has 0 aromatic carbocycles. The number of rotatable bonds is 4. The molecule has 102 valence electrons. The molecule has 18 heavy (non-hydrogen) atoms. The molecule has 0 spiro atoms. The number of ether oxygens (including phenoxy) is 1. The summed E-state index contributed by atoms with van der Waals surface area (Å²) in [6.45, 7) is 11.0. The Bertz CT molecular complexity index is 391. The molecule has 2 N–H and O–H groups in total. The Hall–Kier alpha value is -0.490. The van der Waals surface area contributed by atoms with Gasteiger partial charge in [-0.05, 0) is 20.8 Å². The topological polar surface area (TPSA) is 51.4 Å². The van der Waals surface area contributed by atoms with Crippen LogP contribution in [0.4, 0.5) is 0 Å². The highest BCUT2D eigenvalue weighted by atomic mass is 32.1. The fraction of sp³-hybridized carbons (Fsp3) is 0.769. The van der Waals surface area contributed by atoms with Gasteiger partial charge >= 0.3 is 0 Å². The summed E-state index contributed by atoms with van der Waals surface area (Å²) in [6.07, 6.45) is 1.02. The highest BCUT2D eigenvalue weighted by Gasteiger charge is 2.21. The normalized spacial score (nSPS) is 18.2. The Morgan fingerprint density at radius 3 is 2.61 bits per heavy atom. The van der Waals surface area contributed by atoms with Crippen LogP contribution in [0.2, 0.25) is 0 Å². The molecular weight excluding hydrogens is 246 g/mol. The summed E-state index contributed by atoms with van der Waals surface area (Å²) in [5.74, 6) is 0. The lowest BCUT2D eigenvalue weighted by Crippen LogP contribution is -2.37. The molecule has 0 atom stereocenters. The van der Waals surface area contributed by atoms with Crippen molar-refractivity contribution in [2.24, 2.45) is 5.73 Å². The first-order chi connectivity index (χ1) is 8.47. The van der Waals surface area contributed by atoms with Gasteiger partial charge in [-0.3, -0.25) is 4.90 Å². The van der Waals surface area contributed by atoms with E-state index in [1.54, 1.807) is 11.3 Å². The lowest BCUT2D eigenvalue weighted by Gasteiger charge is -2.26. The van der Waals surface area contributed by atoms with Crippen molar-refractivity contribution in [2.45, 2.75) is 32.7 Å². The first-order valence-electron chi connectivity index (χ1n) is 6.52. The molecule has 1 fully saturated rings. The van der Waals surface area contributed by atoms with Gasteiger partial charge in [0.05, 0.1) is 23.9 Å². The highest BCUT2D eigenvalue weighted by Crippen LogP contribution is 2.27. The molecule has 0 radical (unpaired) electrons. The smallest absolute Gasteiger partial charge is 0.0944 e. The predicted octanol–water partition coefficient (Wildman–Crippen LogP) is 1.52. The predicted molar refractivity (Wildman–Crippen MR) is 75.0 cm³/mol. The van der Waals surface area contributed by atoms with Gasteiger partial charge in [-0.25, -0.2) is 4.98 Å². The Morgan fingerprint density at radius 1 is 1.39 bits per heavy atom. The van der Waals surface area contributed by atoms with E-state index in [-0.39, 0.29) is 5.54 Å². The second kappa shape index (κ2) is 5.65. The van der Waals surface area contributed by atoms with Crippen LogP contribution in [-0.2, 0) is 16.7 Å². The molecule has 0 saturated carbocycles. The van der Waals surface area contributed by atoms with Crippen molar-refractivity contribution in [1.82, 2.24) is 9.88 Å². The van der Waals surface area contributed by atoms with Crippen LogP contribution >= 0.6 is 11.3 Å². The summed E-state index contributed by atoms with van der Waals surface area (Å²) < 4.78 is 5.35. The molecule has 0 amide bonds. The van der Waals surface area contributed by atoms with Gasteiger partial charge in [0.15, 0.2) is 0 Å². The van der Waals surface area contributed by atoms with Crippen molar-refractivity contribution in [3.05, 3.63) is 15.6 Å². The number of hydrogen-bond acceptors (Lipinski definition) is 5. The Labute approximate surface area is 113 Å². The number of thiazole rings is 1. The molecule has 1 aromatic heterocycles. The minimum Gasteiger partial charge on any atom is -0.379 e. The molecule has 1 saturated heterocycles. The van der Waals surface area contributed by atoms with Gasteiger partial charge in [0.25, 0.3) is 0 Å². The summed E-state index contributed by atoms with van der Waals surface area (Å²) in [6, 6.07) is 0. The van der Waals surface area contributed by atoms with E-state index >= 15 is 0 Å². The zero-order chi connectivity index (χ0) is 13.2. The van der Waals surface area contributed by atoms with Crippen molar-refractivity contribution >= 4 is 11.3 Å². The zero-order valence-electron chi connectivity index (χ0n) is 11.5. The fourth-order valence-electron chi connectivity index (χ4n) is 2.24. The van der Waals surface area contributed by atoms with E-state index < -0.39 is 0 Å². The van der Waals surface area contributed by atoms with Crippen LogP contribution in [-0.4, -0.2) is 42.7 Å². The van der Waals surface area contributed by atoms with Gasteiger partial charge < -0.3 is 10.5 Å². The van der Waals surface area contributed by atoms with E-state index in [0.717, 1.165) is 45.0 Å². The van der Waals surface area contributed by atoms with E-state index in [9.17, 15) is 0 Å². The van der Waals surface area contributed by atoms with Gasteiger partial charge in [-0.1, -0.05) is 0 Å². The second-order valence-electron chi connectivity index (χ2n) is 5.45. The average molecular weight is 269 g/mol. The maximum Gasteiger partial charge on any atom is 0.0944 e. The van der Waals surface area contributed by atoms with E-state index in [4.69, 9.17) is 10.5 Å². The van der Waals surface area contributed by atoms with E-state index in [1.807, 2.05) is 13.8 Å². The minimum atomic E-state index is -0.279. The molecular formula is C13H23N3OS. The van der Waals surface area contributed by atoms with Gasteiger partial charge in [-0.15, -0.1) is 11.3 Å². The quantitative estimate of drug-likeness (QED) is 0.900. The lowest BCUT2D eigenvalue weighted by atomic mass is 10.0. The summed E-state index contributed by atoms with van der Waals surface area (Å²) in [7, 11) is 0. The van der Waals surface area contributed by atoms with Crippen molar-refractivity contribution in [3.63, 3.8) is 0 Å². The molecule has 0 bridgehead atoms. The zero-order valence-corrected chi connectivity index (χ0v) is 12.3. The molecule has 1 aromatic rings. The Morgan fingerprint density at radius 2 is 2.06 bits per heavy atom. The van der Waals surface area contributed by atoms with Crippen LogP contribution in [0.1, 0.15) is 29.4 Å². The summed E-state index contributed by atoms with van der Waals surface area (Å²) in [5, 5.41) is 1.20. The van der Waals surface area contributed by atoms with Gasteiger partial charge in [0, 0.05) is 36.5 Å². The minimum absolute atomic E-state index is 0.279. The largest absolute Gasteiger partial charge is 0.379 e. The number of nitrogens with two attached hydrogens (primary N) is 1. The molecule has 5 heteroatoms. The third kappa shape index (κ3) is 3.51. The summed E-state index contributed by atoms with van der Waals surface area (Å²) >= 11 is 1.76. The van der Waals surface area contributed by atoms with Crippen molar-refractivity contribution < 1.29 is 4.74 Å². The molecule has 1 aliphatic rings. The monoisotopic (exact) mass is 269 g/mol. The van der Waals surface area contributed by atoms with Gasteiger partial charge in [-0.2, -0.15) is 0 Å². The molecule has 2 heterocycles. The molecule has 2 rings (SSSR count). The fourth-order valence-corrected chi connectivity index (χ4v) is 3.30.